The van der Waals surface area contributed by atoms with Crippen molar-refractivity contribution in [2.45, 2.75) is 187 Å². The Morgan fingerprint density at radius 3 is 1.35 bits per heavy atom. The van der Waals surface area contributed by atoms with Crippen LogP contribution in [0.4, 0.5) is 0 Å². The van der Waals surface area contributed by atoms with Crippen LogP contribution >= 0.6 is 0 Å². The van der Waals surface area contributed by atoms with Gasteiger partial charge >= 0.3 is 0 Å². The van der Waals surface area contributed by atoms with Gasteiger partial charge in [-0.3, -0.25) is 14.4 Å². The summed E-state index contributed by atoms with van der Waals surface area (Å²) in [4.78, 5) is 37.2. The highest BCUT2D eigenvalue weighted by molar-refractivity contribution is 5.80. The lowest BCUT2D eigenvalue weighted by molar-refractivity contribution is -0.132. The molecule has 7 heteroatoms. The summed E-state index contributed by atoms with van der Waals surface area (Å²) in [6, 6.07) is 0.454. The predicted octanol–water partition coefficient (Wildman–Crippen LogP) is 10.4. The fourth-order valence-corrected chi connectivity index (χ4v) is 7.74. The predicted molar refractivity (Wildman–Crippen MR) is 214 cm³/mol. The average molecular weight is 721 g/mol. The van der Waals surface area contributed by atoms with Crippen molar-refractivity contribution >= 4 is 17.6 Å². The van der Waals surface area contributed by atoms with Crippen LogP contribution in [0.3, 0.4) is 0 Å². The summed E-state index contributed by atoms with van der Waals surface area (Å²) in [5.41, 5.74) is 1.56. The normalized spacial score (nSPS) is 24.8. The Morgan fingerprint density at radius 1 is 0.588 bits per heavy atom. The summed E-state index contributed by atoms with van der Waals surface area (Å²) in [6.07, 6.45) is 10.6. The number of carbonyl (C=O) groups is 3. The van der Waals surface area contributed by atoms with Crippen LogP contribution < -0.4 is 0 Å². The number of carbonyl (C=O) groups excluding carboxylic acids is 3. The molecule has 0 spiro atoms. The van der Waals surface area contributed by atoms with Crippen LogP contribution in [0.2, 0.25) is 0 Å². The second-order valence-corrected chi connectivity index (χ2v) is 21.1. The first-order valence-electron chi connectivity index (χ1n) is 20.4. The van der Waals surface area contributed by atoms with Gasteiger partial charge in [0.1, 0.15) is 5.78 Å². The zero-order valence-electron chi connectivity index (χ0n) is 36.6. The molecule has 4 saturated heterocycles. The van der Waals surface area contributed by atoms with E-state index in [2.05, 4.69) is 104 Å². The molecule has 300 valence electrons. The molecular formula is C44H84N2O5. The summed E-state index contributed by atoms with van der Waals surface area (Å²) >= 11 is 0. The Hall–Kier alpha value is -1.47. The first kappa shape index (κ1) is 47.6. The van der Waals surface area contributed by atoms with Crippen molar-refractivity contribution in [1.82, 2.24) is 9.80 Å². The first-order chi connectivity index (χ1) is 23.2. The van der Waals surface area contributed by atoms with E-state index in [1.54, 1.807) is 6.92 Å². The topological polar surface area (TPSA) is 76.2 Å². The Morgan fingerprint density at radius 2 is 1.10 bits per heavy atom. The molecule has 0 aromatic carbocycles. The second-order valence-electron chi connectivity index (χ2n) is 21.1. The van der Waals surface area contributed by atoms with Crippen LogP contribution in [0.25, 0.3) is 0 Å². The second kappa shape index (κ2) is 20.3. The molecule has 4 heterocycles. The molecule has 0 N–H and O–H groups in total. The number of hydrogen-bond donors (Lipinski definition) is 0. The third kappa shape index (κ3) is 17.9. The van der Waals surface area contributed by atoms with Crippen molar-refractivity contribution in [2.24, 2.45) is 39.4 Å². The van der Waals surface area contributed by atoms with E-state index >= 15 is 0 Å². The standard InChI is InChI=1S/C10H19NO.C9H18O.C9H16O.C8H15NO.C8H16O/c1-8(12)11-7-5-6-9(11)10(2,3)4;1-9(2,3)8-4-6-10-7-5-8;1-9(2,3)7-4-5-8(10)6-7;1-8(2,3)9-6-4-5-7(9)10;1-8(2,3)7-4-5-9-6-7/h9H,5-7H2,1-4H3;8H,4-7H2,1-3H3;7H,4-6H2,1-3H3;4-6H2,1-3H3;7H,4-6H2,1-3H3. The van der Waals surface area contributed by atoms with E-state index in [1.807, 2.05) is 9.80 Å². The lowest BCUT2D eigenvalue weighted by Gasteiger charge is -2.34. The largest absolute Gasteiger partial charge is 0.381 e. The molecule has 3 atom stereocenters. The number of ether oxygens (including phenoxy) is 2. The lowest BCUT2D eigenvalue weighted by atomic mass is 9.76. The fraction of sp³-hybridized carbons (Fsp3) is 0.932. The van der Waals surface area contributed by atoms with E-state index < -0.39 is 0 Å². The molecule has 5 aliphatic rings. The summed E-state index contributed by atoms with van der Waals surface area (Å²) in [5, 5.41) is 0. The quantitative estimate of drug-likeness (QED) is 0.249. The SMILES string of the molecule is CC(=O)N1CCCC1C(C)(C)C.CC(C)(C)C1CCC(=O)C1.CC(C)(C)C1CCOC1.CC(C)(C)C1CCOCC1.CC(C)(C)N1CCCC1=O. The van der Waals surface area contributed by atoms with E-state index in [-0.39, 0.29) is 16.9 Å². The summed E-state index contributed by atoms with van der Waals surface area (Å²) in [6.45, 7) is 40.8. The first-order valence-corrected chi connectivity index (χ1v) is 20.4. The van der Waals surface area contributed by atoms with Crippen molar-refractivity contribution in [3.05, 3.63) is 0 Å². The van der Waals surface area contributed by atoms with Gasteiger partial charge in [-0.2, -0.15) is 0 Å². The summed E-state index contributed by atoms with van der Waals surface area (Å²) < 4.78 is 10.6. The van der Waals surface area contributed by atoms with Crippen molar-refractivity contribution < 1.29 is 23.9 Å². The van der Waals surface area contributed by atoms with Crippen molar-refractivity contribution in [2.75, 3.05) is 39.5 Å². The van der Waals surface area contributed by atoms with Crippen molar-refractivity contribution in [1.29, 1.82) is 0 Å². The third-order valence-electron chi connectivity index (χ3n) is 11.6. The van der Waals surface area contributed by atoms with Gasteiger partial charge in [-0.15, -0.1) is 0 Å². The lowest BCUT2D eigenvalue weighted by Crippen LogP contribution is -2.41. The molecule has 1 saturated carbocycles. The van der Waals surface area contributed by atoms with Crippen molar-refractivity contribution in [3.8, 4) is 0 Å². The molecule has 0 aromatic heterocycles. The zero-order valence-corrected chi connectivity index (χ0v) is 36.6. The average Bonchev–Trinajstić information content (AvgIpc) is 3.80. The molecule has 5 fully saturated rings. The highest BCUT2D eigenvalue weighted by Crippen LogP contribution is 2.37. The highest BCUT2D eigenvalue weighted by Gasteiger charge is 2.35. The molecule has 4 aliphatic heterocycles. The van der Waals surface area contributed by atoms with E-state index in [9.17, 15) is 14.4 Å². The fourth-order valence-electron chi connectivity index (χ4n) is 7.74. The van der Waals surface area contributed by atoms with Gasteiger partial charge in [0.25, 0.3) is 0 Å². The number of amides is 2. The van der Waals surface area contributed by atoms with Crippen LogP contribution in [0.1, 0.15) is 175 Å². The minimum Gasteiger partial charge on any atom is -0.381 e. The number of hydrogen-bond acceptors (Lipinski definition) is 5. The number of ketones is 1. The Bertz CT molecular complexity index is 1040. The number of Topliss-reactive ketones (excluding diaryl/α,β-unsaturated/α-hetero) is 1. The Labute approximate surface area is 316 Å². The molecule has 51 heavy (non-hydrogen) atoms. The zero-order chi connectivity index (χ0) is 39.4. The Balaban J connectivity index is 0.000000320. The minimum atomic E-state index is 0.0353. The number of rotatable bonds is 0. The minimum absolute atomic E-state index is 0.0353. The van der Waals surface area contributed by atoms with E-state index in [0.717, 1.165) is 83.5 Å². The van der Waals surface area contributed by atoms with Gasteiger partial charge in [-0.1, -0.05) is 83.1 Å². The van der Waals surface area contributed by atoms with E-state index in [0.29, 0.717) is 39.9 Å². The maximum atomic E-state index is 11.2. The van der Waals surface area contributed by atoms with Crippen LogP contribution in [-0.2, 0) is 23.9 Å². The van der Waals surface area contributed by atoms with Crippen molar-refractivity contribution in [3.63, 3.8) is 0 Å². The highest BCUT2D eigenvalue weighted by atomic mass is 16.5. The smallest absolute Gasteiger partial charge is 0.223 e. The van der Waals surface area contributed by atoms with E-state index in [1.165, 1.54) is 32.1 Å². The molecule has 0 aromatic rings. The van der Waals surface area contributed by atoms with Gasteiger partial charge < -0.3 is 19.3 Å². The molecule has 2 amide bonds. The third-order valence-corrected chi connectivity index (χ3v) is 11.6. The summed E-state index contributed by atoms with van der Waals surface area (Å²) in [7, 11) is 0. The maximum Gasteiger partial charge on any atom is 0.223 e. The van der Waals surface area contributed by atoms with Crippen LogP contribution in [0.5, 0.6) is 0 Å². The van der Waals surface area contributed by atoms with Gasteiger partial charge in [0, 0.05) is 77.3 Å². The van der Waals surface area contributed by atoms with Gasteiger partial charge in [-0.05, 0) is 105 Å². The van der Waals surface area contributed by atoms with Crippen LogP contribution in [0.15, 0.2) is 0 Å². The molecule has 0 radical (unpaired) electrons. The Kier molecular flexibility index (Phi) is 18.9. The summed E-state index contributed by atoms with van der Waals surface area (Å²) in [5.74, 6) is 3.30. The van der Waals surface area contributed by atoms with Crippen LogP contribution in [0, 0.1) is 39.4 Å². The van der Waals surface area contributed by atoms with Crippen LogP contribution in [-0.4, -0.2) is 78.5 Å². The van der Waals surface area contributed by atoms with Gasteiger partial charge in [0.2, 0.25) is 11.8 Å². The monoisotopic (exact) mass is 721 g/mol. The molecule has 1 aliphatic carbocycles. The number of likely N-dealkylation sites (tertiary alicyclic amines) is 2. The van der Waals surface area contributed by atoms with E-state index in [4.69, 9.17) is 9.47 Å². The molecule has 3 unspecified atom stereocenters. The molecule has 7 nitrogen and oxygen atoms in total. The van der Waals surface area contributed by atoms with Gasteiger partial charge in [0.05, 0.1) is 0 Å². The molecule has 0 bridgehead atoms. The molecule has 5 rings (SSSR count). The maximum absolute atomic E-state index is 11.2. The molecular weight excluding hydrogens is 636 g/mol. The van der Waals surface area contributed by atoms with Gasteiger partial charge in [-0.25, -0.2) is 0 Å². The van der Waals surface area contributed by atoms with Gasteiger partial charge in [0.15, 0.2) is 0 Å². The number of nitrogens with zero attached hydrogens (tertiary/aromatic N) is 2.